The van der Waals surface area contributed by atoms with Gasteiger partial charge < -0.3 is 19.8 Å². The molecule has 2 fully saturated rings. The highest BCUT2D eigenvalue weighted by molar-refractivity contribution is 7.90. The zero-order valence-electron chi connectivity index (χ0n) is 19.9. The lowest BCUT2D eigenvalue weighted by atomic mass is 10.0. The van der Waals surface area contributed by atoms with Gasteiger partial charge in [0.05, 0.1) is 28.8 Å². The molecule has 2 aliphatic heterocycles. The van der Waals surface area contributed by atoms with E-state index in [1.165, 1.54) is 35.0 Å². The highest BCUT2D eigenvalue weighted by atomic mass is 32.2. The van der Waals surface area contributed by atoms with Crippen molar-refractivity contribution in [3.63, 3.8) is 0 Å². The highest BCUT2D eigenvalue weighted by Crippen LogP contribution is 2.29. The first-order valence-corrected chi connectivity index (χ1v) is 13.1. The van der Waals surface area contributed by atoms with Gasteiger partial charge in [0.2, 0.25) is 0 Å². The fourth-order valence-corrected chi connectivity index (χ4v) is 5.72. The van der Waals surface area contributed by atoms with Crippen molar-refractivity contribution in [3.05, 3.63) is 47.7 Å². The minimum Gasteiger partial charge on any atom is -0.367 e. The second kappa shape index (κ2) is 9.39. The molecule has 1 unspecified atom stereocenters. The van der Waals surface area contributed by atoms with Crippen LogP contribution in [0.4, 0.5) is 15.9 Å². The molecule has 2 aliphatic rings. The third-order valence-corrected chi connectivity index (χ3v) is 7.69. The number of nitrogens with zero attached hydrogens (tertiary/aromatic N) is 3. The van der Waals surface area contributed by atoms with Gasteiger partial charge in [-0.25, -0.2) is 14.4 Å². The van der Waals surface area contributed by atoms with Crippen molar-refractivity contribution < 1.29 is 27.1 Å². The number of aromatic amines is 1. The van der Waals surface area contributed by atoms with Gasteiger partial charge in [-0.15, -0.1) is 0 Å². The number of benzene rings is 1. The standard InChI is InChI=1S/C23H27FN6O5S/c1-23(2)34-12-14(35-23)10-25-21-18-16(11-26-22(18)28-13-27-21)20(31)15-6-5-7-17(19(15)24)29-36(32,33)30-8-3-4-9-30/h5-7,11,13-14,29H,3-4,8-10,12H2,1-2H3,(H2,25,26,27,28). The minimum atomic E-state index is -3.92. The number of carbonyl (C=O) groups excluding carboxylic acids is 1. The topological polar surface area (TPSA) is 139 Å². The molecular weight excluding hydrogens is 491 g/mol. The van der Waals surface area contributed by atoms with Gasteiger partial charge in [0, 0.05) is 25.8 Å². The Labute approximate surface area is 207 Å². The molecule has 5 rings (SSSR count). The molecule has 0 bridgehead atoms. The van der Waals surface area contributed by atoms with E-state index in [4.69, 9.17) is 9.47 Å². The molecule has 2 aromatic heterocycles. The van der Waals surface area contributed by atoms with Crippen molar-refractivity contribution in [1.29, 1.82) is 0 Å². The molecule has 2 saturated heterocycles. The van der Waals surface area contributed by atoms with Crippen molar-refractivity contribution in [2.45, 2.75) is 38.6 Å². The number of rotatable bonds is 8. The lowest BCUT2D eigenvalue weighted by Gasteiger charge is -2.18. The number of ether oxygens (including phenoxy) is 2. The maximum absolute atomic E-state index is 15.4. The van der Waals surface area contributed by atoms with Crippen LogP contribution in [-0.2, 0) is 19.7 Å². The summed E-state index contributed by atoms with van der Waals surface area (Å²) in [5.41, 5.74) is -0.0219. The molecular formula is C23H27FN6O5S. The molecule has 0 aliphatic carbocycles. The highest BCUT2D eigenvalue weighted by Gasteiger charge is 2.33. The third kappa shape index (κ3) is 4.78. The molecule has 192 valence electrons. The first-order valence-electron chi connectivity index (χ1n) is 11.6. The number of aromatic nitrogens is 3. The van der Waals surface area contributed by atoms with Gasteiger partial charge in [0.15, 0.2) is 17.4 Å². The zero-order valence-corrected chi connectivity index (χ0v) is 20.7. The summed E-state index contributed by atoms with van der Waals surface area (Å²) in [6.45, 7) is 5.17. The van der Waals surface area contributed by atoms with Crippen molar-refractivity contribution in [3.8, 4) is 0 Å². The molecule has 0 radical (unpaired) electrons. The molecule has 3 aromatic rings. The first-order chi connectivity index (χ1) is 17.1. The van der Waals surface area contributed by atoms with Gasteiger partial charge in [-0.2, -0.15) is 12.7 Å². The van der Waals surface area contributed by atoms with Crippen molar-refractivity contribution in [2.75, 3.05) is 36.3 Å². The van der Waals surface area contributed by atoms with E-state index in [9.17, 15) is 13.2 Å². The monoisotopic (exact) mass is 518 g/mol. The second-order valence-corrected chi connectivity index (χ2v) is 10.9. The van der Waals surface area contributed by atoms with Crippen molar-refractivity contribution in [2.24, 2.45) is 0 Å². The van der Waals surface area contributed by atoms with Crippen LogP contribution in [0.5, 0.6) is 0 Å². The first kappa shape index (κ1) is 24.6. The van der Waals surface area contributed by atoms with E-state index in [0.717, 1.165) is 12.8 Å². The molecule has 1 aromatic carbocycles. The number of carbonyl (C=O) groups is 1. The molecule has 13 heteroatoms. The minimum absolute atomic E-state index is 0.149. The van der Waals surface area contributed by atoms with E-state index < -0.39 is 27.6 Å². The van der Waals surface area contributed by atoms with E-state index in [-0.39, 0.29) is 22.9 Å². The summed E-state index contributed by atoms with van der Waals surface area (Å²) in [4.78, 5) is 24.8. The number of H-pyrrole nitrogens is 1. The summed E-state index contributed by atoms with van der Waals surface area (Å²) in [6, 6.07) is 4.03. The number of hydrogen-bond donors (Lipinski definition) is 3. The molecule has 0 spiro atoms. The summed E-state index contributed by atoms with van der Waals surface area (Å²) < 4.78 is 55.6. The van der Waals surface area contributed by atoms with Crippen molar-refractivity contribution in [1.82, 2.24) is 19.3 Å². The van der Waals surface area contributed by atoms with Gasteiger partial charge >= 0.3 is 10.2 Å². The number of nitrogens with one attached hydrogen (secondary N) is 3. The molecule has 0 saturated carbocycles. The van der Waals surface area contributed by atoms with Crippen molar-refractivity contribution >= 4 is 38.5 Å². The van der Waals surface area contributed by atoms with Crippen LogP contribution in [-0.4, -0.2) is 71.6 Å². The fourth-order valence-electron chi connectivity index (χ4n) is 4.41. The summed E-state index contributed by atoms with van der Waals surface area (Å²) in [5, 5.41) is 3.56. The maximum Gasteiger partial charge on any atom is 0.301 e. The van der Waals surface area contributed by atoms with Crippen LogP contribution in [0.3, 0.4) is 0 Å². The molecule has 11 nitrogen and oxygen atoms in total. The molecule has 36 heavy (non-hydrogen) atoms. The van der Waals surface area contributed by atoms with Crippen LogP contribution < -0.4 is 10.0 Å². The Morgan fingerprint density at radius 1 is 1.25 bits per heavy atom. The number of halogens is 1. The van der Waals surface area contributed by atoms with Crippen LogP contribution >= 0.6 is 0 Å². The average Bonchev–Trinajstić information content (AvgIpc) is 3.58. The predicted octanol–water partition coefficient (Wildman–Crippen LogP) is 2.64. The zero-order chi connectivity index (χ0) is 25.5. The largest absolute Gasteiger partial charge is 0.367 e. The number of hydrogen-bond acceptors (Lipinski definition) is 8. The van der Waals surface area contributed by atoms with E-state index in [1.54, 1.807) is 0 Å². The predicted molar refractivity (Wildman–Crippen MR) is 130 cm³/mol. The smallest absolute Gasteiger partial charge is 0.301 e. The van der Waals surface area contributed by atoms with E-state index in [1.807, 2.05) is 13.8 Å². The lowest BCUT2D eigenvalue weighted by molar-refractivity contribution is -0.136. The van der Waals surface area contributed by atoms with Crippen LogP contribution in [0, 0.1) is 5.82 Å². The Kier molecular flexibility index (Phi) is 6.41. The van der Waals surface area contributed by atoms with E-state index >= 15 is 4.39 Å². The number of anilines is 2. The van der Waals surface area contributed by atoms with Crippen LogP contribution in [0.2, 0.25) is 0 Å². The SMILES string of the molecule is CC1(C)OCC(CNc2ncnc3[nH]cc(C(=O)c4cccc(NS(=O)(=O)N5CCCC5)c4F)c23)O1. The Morgan fingerprint density at radius 3 is 2.75 bits per heavy atom. The maximum atomic E-state index is 15.4. The van der Waals surface area contributed by atoms with E-state index in [2.05, 4.69) is 25.0 Å². The average molecular weight is 519 g/mol. The molecule has 4 heterocycles. The molecule has 0 amide bonds. The van der Waals surface area contributed by atoms with Crippen LogP contribution in [0.1, 0.15) is 42.6 Å². The number of ketones is 1. The summed E-state index contributed by atoms with van der Waals surface area (Å²) >= 11 is 0. The normalized spacial score (nSPS) is 20.1. The lowest BCUT2D eigenvalue weighted by Crippen LogP contribution is -2.33. The second-order valence-electron chi connectivity index (χ2n) is 9.19. The third-order valence-electron chi connectivity index (χ3n) is 6.17. The summed E-state index contributed by atoms with van der Waals surface area (Å²) in [7, 11) is -3.92. The Balaban J connectivity index is 1.42. The fraction of sp³-hybridized carbons (Fsp3) is 0.435. The Hall–Kier alpha value is -3.13. The van der Waals surface area contributed by atoms with Gasteiger partial charge in [-0.05, 0) is 38.8 Å². The van der Waals surface area contributed by atoms with Gasteiger partial charge in [-0.1, -0.05) is 6.07 Å². The molecule has 1 atom stereocenters. The summed E-state index contributed by atoms with van der Waals surface area (Å²) in [6.07, 6.45) is 4.06. The van der Waals surface area contributed by atoms with Gasteiger partial charge in [0.1, 0.15) is 23.9 Å². The number of fused-ring (bicyclic) bond motifs is 1. The van der Waals surface area contributed by atoms with Crippen LogP contribution in [0.25, 0.3) is 11.0 Å². The quantitative estimate of drug-likeness (QED) is 0.387. The molecule has 3 N–H and O–H groups in total. The summed E-state index contributed by atoms with van der Waals surface area (Å²) in [5.74, 6) is -1.89. The van der Waals surface area contributed by atoms with Crippen LogP contribution in [0.15, 0.2) is 30.7 Å². The van der Waals surface area contributed by atoms with E-state index in [0.29, 0.717) is 43.1 Å². The Bertz CT molecular complexity index is 1400. The van der Waals surface area contributed by atoms with Gasteiger partial charge in [0.25, 0.3) is 0 Å². The Morgan fingerprint density at radius 2 is 2.03 bits per heavy atom. The van der Waals surface area contributed by atoms with Gasteiger partial charge in [-0.3, -0.25) is 9.52 Å².